The molecule has 12 heavy (non-hydrogen) atoms. The van der Waals surface area contributed by atoms with Crippen molar-refractivity contribution < 1.29 is 19.4 Å². The Balaban J connectivity index is 2.59. The normalized spacial score (nSPS) is 27.0. The number of carbonyl (C=O) groups is 1. The van der Waals surface area contributed by atoms with Crippen molar-refractivity contribution in [2.45, 2.75) is 25.7 Å². The highest BCUT2D eigenvalue weighted by molar-refractivity contribution is 5.87. The Morgan fingerprint density at radius 3 is 2.58 bits per heavy atom. The highest BCUT2D eigenvalue weighted by Gasteiger charge is 2.35. The topological polar surface area (TPSA) is 55.8 Å². The molecule has 0 aromatic rings. The summed E-state index contributed by atoms with van der Waals surface area (Å²) in [5, 5.41) is 8.58. The van der Waals surface area contributed by atoms with Crippen molar-refractivity contribution in [2.75, 3.05) is 6.61 Å². The number of ether oxygens (including phenoxy) is 2. The van der Waals surface area contributed by atoms with Gasteiger partial charge in [-0.3, -0.25) is 0 Å². The smallest absolute Gasteiger partial charge is 0.333 e. The summed E-state index contributed by atoms with van der Waals surface area (Å²) in [6, 6.07) is 0. The third-order valence-corrected chi connectivity index (χ3v) is 1.67. The summed E-state index contributed by atoms with van der Waals surface area (Å²) in [7, 11) is 0. The van der Waals surface area contributed by atoms with Crippen LogP contribution in [0.2, 0.25) is 0 Å². The van der Waals surface area contributed by atoms with Crippen molar-refractivity contribution in [3.63, 3.8) is 0 Å². The molecule has 1 saturated heterocycles. The third kappa shape index (κ3) is 1.84. The molecule has 1 N–H and O–H groups in total. The van der Waals surface area contributed by atoms with Gasteiger partial charge in [0.1, 0.15) is 6.10 Å². The highest BCUT2D eigenvalue weighted by Crippen LogP contribution is 2.25. The van der Waals surface area contributed by atoms with Crippen LogP contribution in [0.25, 0.3) is 0 Å². The van der Waals surface area contributed by atoms with Gasteiger partial charge in [0, 0.05) is 0 Å². The van der Waals surface area contributed by atoms with Crippen LogP contribution >= 0.6 is 0 Å². The van der Waals surface area contributed by atoms with Gasteiger partial charge in [0.15, 0.2) is 5.79 Å². The molecule has 0 aromatic carbocycles. The minimum atomic E-state index is -1.04. The molecule has 68 valence electrons. The second kappa shape index (κ2) is 2.88. The first-order valence-electron chi connectivity index (χ1n) is 3.66. The maximum Gasteiger partial charge on any atom is 0.333 e. The van der Waals surface area contributed by atoms with Crippen LogP contribution in [0.5, 0.6) is 0 Å². The first kappa shape index (κ1) is 9.22. The molecule has 0 aromatic heterocycles. The molecule has 1 aliphatic heterocycles. The summed E-state index contributed by atoms with van der Waals surface area (Å²) in [5.41, 5.74) is 0.0422. The fourth-order valence-electron chi connectivity index (χ4n) is 0.996. The van der Waals surface area contributed by atoms with E-state index in [1.165, 1.54) is 0 Å². The lowest BCUT2D eigenvalue weighted by molar-refractivity contribution is -0.141. The number of carboxylic acid groups (broad SMARTS) is 1. The van der Waals surface area contributed by atoms with Crippen LogP contribution in [0.3, 0.4) is 0 Å². The average molecular weight is 172 g/mol. The molecule has 0 saturated carbocycles. The Morgan fingerprint density at radius 1 is 1.67 bits per heavy atom. The second-order valence-corrected chi connectivity index (χ2v) is 3.15. The van der Waals surface area contributed by atoms with Gasteiger partial charge in [-0.15, -0.1) is 0 Å². The van der Waals surface area contributed by atoms with Crippen molar-refractivity contribution in [1.82, 2.24) is 0 Å². The zero-order valence-electron chi connectivity index (χ0n) is 7.16. The van der Waals surface area contributed by atoms with E-state index < -0.39 is 17.9 Å². The zero-order valence-corrected chi connectivity index (χ0v) is 7.16. The zero-order chi connectivity index (χ0) is 9.35. The van der Waals surface area contributed by atoms with Crippen LogP contribution in [0.4, 0.5) is 0 Å². The Labute approximate surface area is 70.8 Å². The maximum atomic E-state index is 10.5. The molecule has 0 amide bonds. The predicted octanol–water partition coefficient (Wildman–Crippen LogP) is 0.779. The molecule has 4 nitrogen and oxygen atoms in total. The largest absolute Gasteiger partial charge is 0.478 e. The average Bonchev–Trinajstić information content (AvgIpc) is 2.28. The summed E-state index contributed by atoms with van der Waals surface area (Å²) in [5.74, 6) is -1.73. The first-order valence-corrected chi connectivity index (χ1v) is 3.66. The molecule has 0 bridgehead atoms. The molecule has 1 rings (SSSR count). The number of aliphatic carboxylic acids is 1. The van der Waals surface area contributed by atoms with E-state index in [4.69, 9.17) is 14.6 Å². The quantitative estimate of drug-likeness (QED) is 0.625. The highest BCUT2D eigenvalue weighted by atomic mass is 16.7. The van der Waals surface area contributed by atoms with E-state index in [-0.39, 0.29) is 12.2 Å². The lowest BCUT2D eigenvalue weighted by Gasteiger charge is -2.16. The van der Waals surface area contributed by atoms with Crippen LogP contribution in [-0.4, -0.2) is 29.6 Å². The van der Waals surface area contributed by atoms with Gasteiger partial charge in [-0.2, -0.15) is 0 Å². The molecular formula is C8H12O4. The molecular weight excluding hydrogens is 160 g/mol. The summed E-state index contributed by atoms with van der Waals surface area (Å²) in [6.07, 6.45) is -0.516. The van der Waals surface area contributed by atoms with Crippen LogP contribution < -0.4 is 0 Å². The molecule has 0 aliphatic carbocycles. The van der Waals surface area contributed by atoms with Crippen molar-refractivity contribution in [3.05, 3.63) is 12.2 Å². The third-order valence-electron chi connectivity index (χ3n) is 1.67. The van der Waals surface area contributed by atoms with Crippen molar-refractivity contribution in [2.24, 2.45) is 0 Å². The van der Waals surface area contributed by atoms with E-state index >= 15 is 0 Å². The fraction of sp³-hybridized carbons (Fsp3) is 0.625. The van der Waals surface area contributed by atoms with Crippen LogP contribution in [0.15, 0.2) is 12.2 Å². The first-order chi connectivity index (χ1) is 5.42. The number of carboxylic acids is 1. The summed E-state index contributed by atoms with van der Waals surface area (Å²) in [4.78, 5) is 10.5. The monoisotopic (exact) mass is 172 g/mol. The second-order valence-electron chi connectivity index (χ2n) is 3.15. The molecule has 4 heteroatoms. The Bertz CT molecular complexity index is 219. The van der Waals surface area contributed by atoms with E-state index in [1.54, 1.807) is 13.8 Å². The molecule has 0 unspecified atom stereocenters. The van der Waals surface area contributed by atoms with Gasteiger partial charge >= 0.3 is 5.97 Å². The van der Waals surface area contributed by atoms with Gasteiger partial charge in [-0.05, 0) is 13.8 Å². The number of rotatable bonds is 2. The van der Waals surface area contributed by atoms with E-state index in [2.05, 4.69) is 6.58 Å². The predicted molar refractivity (Wildman–Crippen MR) is 41.7 cm³/mol. The van der Waals surface area contributed by atoms with E-state index in [1.807, 2.05) is 0 Å². The van der Waals surface area contributed by atoms with Crippen LogP contribution in [0, 0.1) is 0 Å². The molecule has 1 aliphatic rings. The van der Waals surface area contributed by atoms with Crippen molar-refractivity contribution >= 4 is 5.97 Å². The van der Waals surface area contributed by atoms with E-state index in [0.29, 0.717) is 0 Å². The van der Waals surface area contributed by atoms with Gasteiger partial charge < -0.3 is 14.6 Å². The van der Waals surface area contributed by atoms with Crippen molar-refractivity contribution in [1.29, 1.82) is 0 Å². The molecule has 0 radical (unpaired) electrons. The summed E-state index contributed by atoms with van der Waals surface area (Å²) >= 11 is 0. The van der Waals surface area contributed by atoms with Gasteiger partial charge in [0.05, 0.1) is 12.2 Å². The van der Waals surface area contributed by atoms with Crippen molar-refractivity contribution in [3.8, 4) is 0 Å². The van der Waals surface area contributed by atoms with E-state index in [0.717, 1.165) is 0 Å². The Hall–Kier alpha value is -0.870. The van der Waals surface area contributed by atoms with Gasteiger partial charge in [-0.1, -0.05) is 6.58 Å². The van der Waals surface area contributed by atoms with Crippen LogP contribution in [0.1, 0.15) is 13.8 Å². The summed E-state index contributed by atoms with van der Waals surface area (Å²) in [6.45, 7) is 7.14. The minimum absolute atomic E-state index is 0.0422. The Kier molecular flexibility index (Phi) is 2.21. The van der Waals surface area contributed by atoms with Gasteiger partial charge in [0.25, 0.3) is 0 Å². The summed E-state index contributed by atoms with van der Waals surface area (Å²) < 4.78 is 10.4. The minimum Gasteiger partial charge on any atom is -0.478 e. The number of hydrogen-bond acceptors (Lipinski definition) is 3. The number of hydrogen-bond donors (Lipinski definition) is 1. The lowest BCUT2D eigenvalue weighted by atomic mass is 10.2. The van der Waals surface area contributed by atoms with Crippen LogP contribution in [-0.2, 0) is 14.3 Å². The van der Waals surface area contributed by atoms with Gasteiger partial charge in [0.2, 0.25) is 0 Å². The maximum absolute atomic E-state index is 10.5. The van der Waals surface area contributed by atoms with E-state index in [9.17, 15) is 4.79 Å². The molecule has 0 spiro atoms. The fourth-order valence-corrected chi connectivity index (χ4v) is 0.996. The standard InChI is InChI=1S/C8H12O4/c1-5(7(9)10)6-4-11-8(2,3)12-6/h6H,1,4H2,2-3H3,(H,9,10)/t6-/m1/s1. The lowest BCUT2D eigenvalue weighted by Crippen LogP contribution is -2.24. The molecule has 1 atom stereocenters. The molecule has 1 fully saturated rings. The SMILES string of the molecule is C=C(C(=O)O)[C@H]1COC(C)(C)O1. The van der Waals surface area contributed by atoms with Gasteiger partial charge in [-0.25, -0.2) is 4.79 Å². The Morgan fingerprint density at radius 2 is 2.25 bits per heavy atom. The molecule has 1 heterocycles.